The van der Waals surface area contributed by atoms with Gasteiger partial charge in [0.1, 0.15) is 8.07 Å². The van der Waals surface area contributed by atoms with Gasteiger partial charge >= 0.3 is 5.97 Å². The molecule has 1 aliphatic heterocycles. The van der Waals surface area contributed by atoms with Crippen LogP contribution >= 0.6 is 0 Å². The summed E-state index contributed by atoms with van der Waals surface area (Å²) in [6.45, 7) is 0. The van der Waals surface area contributed by atoms with Crippen molar-refractivity contribution in [1.29, 1.82) is 0 Å². The maximum Gasteiger partial charge on any atom is 0.337 e. The van der Waals surface area contributed by atoms with E-state index in [-0.39, 0.29) is 5.97 Å². The van der Waals surface area contributed by atoms with Gasteiger partial charge in [0.2, 0.25) is 0 Å². The van der Waals surface area contributed by atoms with Crippen LogP contribution in [0, 0.1) is 0 Å². The number of fused-ring (bicyclic) bond motifs is 3. The van der Waals surface area contributed by atoms with Gasteiger partial charge in [-0.1, -0.05) is 97.4 Å². The van der Waals surface area contributed by atoms with Gasteiger partial charge in [-0.15, -0.1) is 0 Å². The van der Waals surface area contributed by atoms with Gasteiger partial charge < -0.3 is 4.74 Å². The van der Waals surface area contributed by atoms with E-state index < -0.39 is 8.07 Å². The van der Waals surface area contributed by atoms with Crippen molar-refractivity contribution in [3.05, 3.63) is 114 Å². The summed E-state index contributed by atoms with van der Waals surface area (Å²) in [5.41, 5.74) is 4.31. The third-order valence-corrected chi connectivity index (χ3v) is 11.8. The van der Waals surface area contributed by atoms with Gasteiger partial charge in [0.25, 0.3) is 0 Å². The van der Waals surface area contributed by atoms with Gasteiger partial charge in [0.05, 0.1) is 12.7 Å². The lowest BCUT2D eigenvalue weighted by Crippen LogP contribution is -2.67. The fraction of sp³-hybridized carbons (Fsp3) is 0.138. The number of rotatable bonds is 3. The molecule has 0 amide bonds. The van der Waals surface area contributed by atoms with E-state index in [1.165, 1.54) is 33.8 Å². The number of methoxy groups -OCH3 is 1. The largest absolute Gasteiger partial charge is 0.465 e. The normalized spacial score (nSPS) is 14.4. The number of aryl methyl sites for hydroxylation is 1. The van der Waals surface area contributed by atoms with Gasteiger partial charge in [-0.3, -0.25) is 0 Å². The van der Waals surface area contributed by atoms with Crippen LogP contribution in [0.1, 0.15) is 22.3 Å². The van der Waals surface area contributed by atoms with Crippen LogP contribution in [0.15, 0.2) is 103 Å². The topological polar surface area (TPSA) is 26.3 Å². The smallest absolute Gasteiger partial charge is 0.337 e. The molecule has 4 aromatic rings. The monoisotopic (exact) mass is 434 g/mol. The molecule has 32 heavy (non-hydrogen) atoms. The first-order chi connectivity index (χ1) is 15.7. The van der Waals surface area contributed by atoms with Crippen LogP contribution in [0.4, 0.5) is 0 Å². The highest BCUT2D eigenvalue weighted by Gasteiger charge is 2.41. The van der Waals surface area contributed by atoms with Crippen molar-refractivity contribution in [2.24, 2.45) is 0 Å². The zero-order chi connectivity index (χ0) is 22.0. The Hall–Kier alpha value is -3.43. The van der Waals surface area contributed by atoms with Gasteiger partial charge in [-0.25, -0.2) is 4.79 Å². The molecule has 0 atom stereocenters. The summed E-state index contributed by atoms with van der Waals surface area (Å²) in [4.78, 5) is 12.3. The first kappa shape index (κ1) is 20.5. The fourth-order valence-corrected chi connectivity index (χ4v) is 10.4. The summed E-state index contributed by atoms with van der Waals surface area (Å²) in [7, 11) is -0.835. The fourth-order valence-electron chi connectivity index (χ4n) is 5.27. The van der Waals surface area contributed by atoms with Crippen molar-refractivity contribution in [2.75, 3.05) is 7.11 Å². The molecule has 0 fully saturated rings. The molecule has 0 bridgehead atoms. The molecule has 0 N–H and O–H groups in total. The Kier molecular flexibility index (Phi) is 5.50. The molecule has 2 nitrogen and oxygen atoms in total. The molecule has 1 aliphatic rings. The Morgan fingerprint density at radius 2 is 1.38 bits per heavy atom. The summed E-state index contributed by atoms with van der Waals surface area (Å²) in [6, 6.07) is 38.1. The van der Waals surface area contributed by atoms with E-state index >= 15 is 0 Å². The standard InChI is InChI=1S/C29H26O2Si/c1-31-29(30)23-19-18-22-11-10-20-32(24-12-4-2-5-13-24,25-14-6-3-7-15-25)28-17-9-8-16-26(28)27(22)21-23/h2-9,12-19,21H,10-11,20H2,1H3. The predicted molar refractivity (Wildman–Crippen MR) is 134 cm³/mol. The molecular weight excluding hydrogens is 408 g/mol. The van der Waals surface area contributed by atoms with Gasteiger partial charge in [0, 0.05) is 0 Å². The van der Waals surface area contributed by atoms with E-state index in [9.17, 15) is 4.79 Å². The molecule has 0 radical (unpaired) electrons. The van der Waals surface area contributed by atoms with E-state index in [1.54, 1.807) is 0 Å². The Balaban J connectivity index is 1.83. The number of carbonyl (C=O) groups is 1. The number of hydrogen-bond acceptors (Lipinski definition) is 2. The molecule has 0 aliphatic carbocycles. The van der Waals surface area contributed by atoms with Crippen molar-refractivity contribution >= 4 is 29.6 Å². The first-order valence-corrected chi connectivity index (χ1v) is 13.4. The van der Waals surface area contributed by atoms with Gasteiger partial charge in [-0.2, -0.15) is 0 Å². The minimum Gasteiger partial charge on any atom is -0.465 e. The minimum absolute atomic E-state index is 0.290. The lowest BCUT2D eigenvalue weighted by molar-refractivity contribution is 0.0601. The highest BCUT2D eigenvalue weighted by Crippen LogP contribution is 2.32. The average Bonchev–Trinajstić information content (AvgIpc) is 2.86. The lowest BCUT2D eigenvalue weighted by Gasteiger charge is -2.37. The average molecular weight is 435 g/mol. The molecule has 0 saturated carbocycles. The molecule has 5 rings (SSSR count). The Bertz CT molecular complexity index is 1210. The Morgan fingerprint density at radius 3 is 2.03 bits per heavy atom. The Morgan fingerprint density at radius 1 is 0.750 bits per heavy atom. The summed E-state index contributed by atoms with van der Waals surface area (Å²) in [5.74, 6) is -0.290. The number of ether oxygens (including phenoxy) is 1. The van der Waals surface area contributed by atoms with Crippen LogP contribution in [-0.2, 0) is 11.2 Å². The SMILES string of the molecule is COC(=O)c1ccc2c(c1)-c1ccccc1[Si](c1ccccc1)(c1ccccc1)CCC2. The van der Waals surface area contributed by atoms with E-state index in [0.717, 1.165) is 24.4 Å². The second-order valence-corrected chi connectivity index (χ2v) is 12.4. The molecular formula is C29H26O2Si. The number of carbonyl (C=O) groups excluding carboxylic acids is 1. The first-order valence-electron chi connectivity index (χ1n) is 11.2. The lowest BCUT2D eigenvalue weighted by atomic mass is 9.94. The number of esters is 1. The molecule has 1 heterocycles. The van der Waals surface area contributed by atoms with Crippen molar-refractivity contribution in [1.82, 2.24) is 0 Å². The quantitative estimate of drug-likeness (QED) is 0.349. The van der Waals surface area contributed by atoms with Crippen molar-refractivity contribution in [3.63, 3.8) is 0 Å². The molecule has 0 aromatic heterocycles. The molecule has 158 valence electrons. The van der Waals surface area contributed by atoms with Gasteiger partial charge in [-0.05, 0) is 56.8 Å². The second kappa shape index (κ2) is 8.60. The van der Waals surface area contributed by atoms with Crippen molar-refractivity contribution < 1.29 is 9.53 Å². The molecule has 0 unspecified atom stereocenters. The highest BCUT2D eigenvalue weighted by atomic mass is 28.3. The van der Waals surface area contributed by atoms with Crippen LogP contribution in [0.2, 0.25) is 6.04 Å². The van der Waals surface area contributed by atoms with Gasteiger partial charge in [0.15, 0.2) is 0 Å². The van der Waals surface area contributed by atoms with Crippen molar-refractivity contribution in [2.45, 2.75) is 18.9 Å². The molecule has 0 saturated heterocycles. The minimum atomic E-state index is -2.28. The van der Waals surface area contributed by atoms with E-state index in [0.29, 0.717) is 5.56 Å². The maximum absolute atomic E-state index is 12.3. The summed E-state index contributed by atoms with van der Waals surface area (Å²) < 4.78 is 5.02. The predicted octanol–water partition coefficient (Wildman–Crippen LogP) is 4.56. The van der Waals surface area contributed by atoms with Crippen LogP contribution in [0.5, 0.6) is 0 Å². The Labute approximate surface area is 190 Å². The number of benzene rings is 4. The molecule has 3 heteroatoms. The van der Waals surface area contributed by atoms with Crippen LogP contribution < -0.4 is 15.6 Å². The van der Waals surface area contributed by atoms with E-state index in [4.69, 9.17) is 4.74 Å². The zero-order valence-corrected chi connectivity index (χ0v) is 19.3. The van der Waals surface area contributed by atoms with E-state index in [1.807, 2.05) is 12.1 Å². The number of hydrogen-bond donors (Lipinski definition) is 0. The maximum atomic E-state index is 12.3. The van der Waals surface area contributed by atoms with Crippen molar-refractivity contribution in [3.8, 4) is 11.1 Å². The third kappa shape index (κ3) is 3.39. The summed E-state index contributed by atoms with van der Waals surface area (Å²) >= 11 is 0. The van der Waals surface area contributed by atoms with Crippen LogP contribution in [-0.4, -0.2) is 21.2 Å². The molecule has 4 aromatic carbocycles. The summed E-state index contributed by atoms with van der Waals surface area (Å²) in [6.07, 6.45) is 2.11. The highest BCUT2D eigenvalue weighted by molar-refractivity contribution is 7.12. The summed E-state index contributed by atoms with van der Waals surface area (Å²) in [5, 5.41) is 4.29. The zero-order valence-electron chi connectivity index (χ0n) is 18.3. The third-order valence-electron chi connectivity index (χ3n) is 6.74. The van der Waals surface area contributed by atoms with E-state index in [2.05, 4.69) is 91.0 Å². The van der Waals surface area contributed by atoms with Crippen LogP contribution in [0.3, 0.4) is 0 Å². The second-order valence-electron chi connectivity index (χ2n) is 8.40. The molecule has 0 spiro atoms. The van der Waals surface area contributed by atoms with Crippen LogP contribution in [0.25, 0.3) is 11.1 Å².